The summed E-state index contributed by atoms with van der Waals surface area (Å²) in [6.07, 6.45) is 2.70. The van der Waals surface area contributed by atoms with Crippen molar-refractivity contribution in [3.63, 3.8) is 0 Å². The van der Waals surface area contributed by atoms with E-state index in [1.807, 2.05) is 25.1 Å². The number of aromatic nitrogens is 3. The Labute approximate surface area is 241 Å². The highest BCUT2D eigenvalue weighted by atomic mass is 35.5. The summed E-state index contributed by atoms with van der Waals surface area (Å²) in [4.78, 5) is 44.7. The molecular weight excluding hydrogens is 556 g/mol. The number of nitrogens with zero attached hydrogens (tertiary/aromatic N) is 6. The van der Waals surface area contributed by atoms with E-state index in [1.165, 1.54) is 23.9 Å². The first kappa shape index (κ1) is 28.0. The van der Waals surface area contributed by atoms with Gasteiger partial charge in [-0.25, -0.2) is 19.7 Å². The minimum absolute atomic E-state index is 0.286. The van der Waals surface area contributed by atoms with Crippen LogP contribution in [0.2, 0.25) is 5.02 Å². The van der Waals surface area contributed by atoms with Crippen LogP contribution in [0.5, 0.6) is 0 Å². The number of para-hydroxylation sites is 1. The van der Waals surface area contributed by atoms with Gasteiger partial charge in [-0.1, -0.05) is 35.1 Å². The summed E-state index contributed by atoms with van der Waals surface area (Å²) in [7, 11) is 0. The van der Waals surface area contributed by atoms with Gasteiger partial charge < -0.3 is 29.9 Å². The topological polar surface area (TPSA) is 125 Å². The van der Waals surface area contributed by atoms with Gasteiger partial charge in [-0.15, -0.1) is 0 Å². The molecular formula is C26H31ClN8O4S. The maximum Gasteiger partial charge on any atom is 0.409 e. The van der Waals surface area contributed by atoms with Crippen molar-refractivity contribution >= 4 is 57.4 Å². The van der Waals surface area contributed by atoms with Crippen LogP contribution in [-0.4, -0.2) is 102 Å². The third-order valence-corrected chi connectivity index (χ3v) is 7.90. The van der Waals surface area contributed by atoms with E-state index >= 15 is 0 Å². The molecule has 5 rings (SSSR count). The normalized spacial score (nSPS) is 16.1. The van der Waals surface area contributed by atoms with Gasteiger partial charge in [-0.2, -0.15) is 0 Å². The second-order valence-corrected chi connectivity index (χ2v) is 10.8. The molecule has 2 aliphatic heterocycles. The van der Waals surface area contributed by atoms with Crippen LogP contribution in [0.1, 0.15) is 15.2 Å². The van der Waals surface area contributed by atoms with Crippen LogP contribution in [0.15, 0.2) is 36.8 Å². The molecule has 0 bridgehead atoms. The number of hydrogen-bond acceptors (Lipinski definition) is 11. The Kier molecular flexibility index (Phi) is 9.26. The standard InChI is InChI=1S/C26H31ClN8O4S/c1-18-3-2-4-19(27)23(18)32-24(36)20-16-28-25(40-20)31-21-15-22(30-17-29-21)34-5-7-35(8-6-34)26(37)39-14-11-33-9-12-38-13-10-33/h2-4,15-17H,5-14H2,1H3,(H,32,36)(H,28,29,30,31). The number of thiazole rings is 1. The zero-order valence-corrected chi connectivity index (χ0v) is 23.7. The van der Waals surface area contributed by atoms with E-state index in [9.17, 15) is 9.59 Å². The molecule has 1 aromatic carbocycles. The Balaban J connectivity index is 1.10. The minimum atomic E-state index is -0.289. The molecule has 2 saturated heterocycles. The van der Waals surface area contributed by atoms with Gasteiger partial charge in [0.25, 0.3) is 5.91 Å². The number of aryl methyl sites for hydroxylation is 1. The number of anilines is 4. The highest BCUT2D eigenvalue weighted by molar-refractivity contribution is 7.17. The van der Waals surface area contributed by atoms with Crippen LogP contribution in [-0.2, 0) is 9.47 Å². The zero-order chi connectivity index (χ0) is 27.9. The Morgan fingerprint density at radius 3 is 2.67 bits per heavy atom. The molecule has 40 heavy (non-hydrogen) atoms. The smallest absolute Gasteiger partial charge is 0.409 e. The van der Waals surface area contributed by atoms with E-state index in [-0.39, 0.29) is 12.0 Å². The fraction of sp³-hybridized carbons (Fsp3) is 0.423. The fourth-order valence-corrected chi connectivity index (χ4v) is 5.38. The molecule has 0 radical (unpaired) electrons. The zero-order valence-electron chi connectivity index (χ0n) is 22.1. The summed E-state index contributed by atoms with van der Waals surface area (Å²) >= 11 is 7.44. The van der Waals surface area contributed by atoms with Crippen LogP contribution in [0, 0.1) is 6.92 Å². The molecule has 2 N–H and O–H groups in total. The van der Waals surface area contributed by atoms with E-state index in [2.05, 4.69) is 35.4 Å². The number of morpholine rings is 1. The number of nitrogens with one attached hydrogen (secondary N) is 2. The molecule has 4 heterocycles. The van der Waals surface area contributed by atoms with Crippen molar-refractivity contribution in [1.29, 1.82) is 0 Å². The highest BCUT2D eigenvalue weighted by Gasteiger charge is 2.24. The number of ether oxygens (including phenoxy) is 2. The van der Waals surface area contributed by atoms with Crippen molar-refractivity contribution in [3.8, 4) is 0 Å². The summed E-state index contributed by atoms with van der Waals surface area (Å²) in [6, 6.07) is 7.27. The second-order valence-electron chi connectivity index (χ2n) is 9.34. The lowest BCUT2D eigenvalue weighted by Crippen LogP contribution is -2.49. The Morgan fingerprint density at radius 1 is 1.10 bits per heavy atom. The Hall–Kier alpha value is -3.52. The lowest BCUT2D eigenvalue weighted by atomic mass is 10.2. The maximum atomic E-state index is 12.7. The van der Waals surface area contributed by atoms with E-state index in [4.69, 9.17) is 21.1 Å². The van der Waals surface area contributed by atoms with Gasteiger partial charge in [0.15, 0.2) is 5.13 Å². The van der Waals surface area contributed by atoms with Crippen molar-refractivity contribution in [2.75, 3.05) is 81.2 Å². The predicted molar refractivity (Wildman–Crippen MR) is 154 cm³/mol. The van der Waals surface area contributed by atoms with Crippen LogP contribution < -0.4 is 15.5 Å². The van der Waals surface area contributed by atoms with Gasteiger partial charge in [-0.05, 0) is 18.6 Å². The second kappa shape index (κ2) is 13.2. The van der Waals surface area contributed by atoms with Crippen molar-refractivity contribution in [2.45, 2.75) is 6.92 Å². The van der Waals surface area contributed by atoms with E-state index in [0.717, 1.165) is 44.2 Å². The van der Waals surface area contributed by atoms with Gasteiger partial charge in [0.05, 0.1) is 30.1 Å². The summed E-state index contributed by atoms with van der Waals surface area (Å²) < 4.78 is 10.8. The molecule has 0 spiro atoms. The van der Waals surface area contributed by atoms with Crippen LogP contribution in [0.4, 0.5) is 27.2 Å². The van der Waals surface area contributed by atoms with Crippen molar-refractivity contribution in [2.24, 2.45) is 0 Å². The fourth-order valence-electron chi connectivity index (χ4n) is 4.40. The van der Waals surface area contributed by atoms with E-state index < -0.39 is 0 Å². The molecule has 12 nitrogen and oxygen atoms in total. The average molecular weight is 587 g/mol. The molecule has 2 amide bonds. The van der Waals surface area contributed by atoms with Gasteiger partial charge in [0.2, 0.25) is 0 Å². The van der Waals surface area contributed by atoms with Crippen LogP contribution in [0.3, 0.4) is 0 Å². The number of carbonyl (C=O) groups excluding carboxylic acids is 2. The van der Waals surface area contributed by atoms with Gasteiger partial charge in [0, 0.05) is 51.9 Å². The third-order valence-electron chi connectivity index (χ3n) is 6.68. The molecule has 14 heteroatoms. The average Bonchev–Trinajstić information content (AvgIpc) is 3.44. The lowest BCUT2D eigenvalue weighted by molar-refractivity contribution is 0.0246. The number of piperazine rings is 1. The van der Waals surface area contributed by atoms with Crippen LogP contribution in [0.25, 0.3) is 0 Å². The first-order valence-electron chi connectivity index (χ1n) is 13.0. The molecule has 2 aliphatic rings. The van der Waals surface area contributed by atoms with E-state index in [1.54, 1.807) is 11.0 Å². The SMILES string of the molecule is Cc1cccc(Cl)c1NC(=O)c1cnc(Nc2cc(N3CCN(C(=O)OCCN4CCOCC4)CC3)ncn2)s1. The highest BCUT2D eigenvalue weighted by Crippen LogP contribution is 2.28. The quantitative estimate of drug-likeness (QED) is 0.405. The molecule has 0 atom stereocenters. The number of carbonyl (C=O) groups is 2. The number of amides is 2. The Bertz CT molecular complexity index is 1310. The summed E-state index contributed by atoms with van der Waals surface area (Å²) in [5.74, 6) is 1.00. The molecule has 2 aromatic heterocycles. The summed E-state index contributed by atoms with van der Waals surface area (Å²) in [6.45, 7) is 8.49. The number of hydrogen-bond donors (Lipinski definition) is 2. The molecule has 0 saturated carbocycles. The van der Waals surface area contributed by atoms with Crippen molar-refractivity contribution in [3.05, 3.63) is 52.3 Å². The van der Waals surface area contributed by atoms with Crippen molar-refractivity contribution < 1.29 is 19.1 Å². The minimum Gasteiger partial charge on any atom is -0.448 e. The van der Waals surface area contributed by atoms with Gasteiger partial charge in [-0.3, -0.25) is 9.69 Å². The molecule has 212 valence electrons. The molecule has 2 fully saturated rings. The molecule has 0 unspecified atom stereocenters. The predicted octanol–water partition coefficient (Wildman–Crippen LogP) is 3.48. The monoisotopic (exact) mass is 586 g/mol. The number of benzene rings is 1. The van der Waals surface area contributed by atoms with Gasteiger partial charge >= 0.3 is 6.09 Å². The molecule has 3 aromatic rings. The first-order chi connectivity index (χ1) is 19.5. The van der Waals surface area contributed by atoms with Crippen molar-refractivity contribution in [1.82, 2.24) is 24.8 Å². The van der Waals surface area contributed by atoms with E-state index in [0.29, 0.717) is 59.3 Å². The number of halogens is 1. The maximum absolute atomic E-state index is 12.7. The third kappa shape index (κ3) is 7.16. The number of rotatable bonds is 8. The van der Waals surface area contributed by atoms with Gasteiger partial charge in [0.1, 0.15) is 29.4 Å². The largest absolute Gasteiger partial charge is 0.448 e. The summed E-state index contributed by atoms with van der Waals surface area (Å²) in [5, 5.41) is 7.01. The first-order valence-corrected chi connectivity index (χ1v) is 14.2. The van der Waals surface area contributed by atoms with Crippen LogP contribution >= 0.6 is 22.9 Å². The Morgan fingerprint density at radius 2 is 1.90 bits per heavy atom. The lowest BCUT2D eigenvalue weighted by Gasteiger charge is -2.35. The summed E-state index contributed by atoms with van der Waals surface area (Å²) in [5.41, 5.74) is 1.46. The molecule has 0 aliphatic carbocycles.